The van der Waals surface area contributed by atoms with E-state index in [0.29, 0.717) is 37.9 Å². The Balaban J connectivity index is 1.50. The standard InChI is InChI=1S/C17H22N2O4S/c20-16(18-15-8-11-24(22,23)12-15)13-6-9-19(10-7-13)17(21)14-4-2-1-3-5-14/h1-5,13,15H,6-12H2,(H,18,20). The molecule has 1 N–H and O–H groups in total. The van der Waals surface area contributed by atoms with Gasteiger partial charge >= 0.3 is 0 Å². The Kier molecular flexibility index (Phi) is 4.89. The van der Waals surface area contributed by atoms with E-state index in [0.717, 1.165) is 0 Å². The van der Waals surface area contributed by atoms with Gasteiger partial charge in [0.05, 0.1) is 11.5 Å². The zero-order valence-electron chi connectivity index (χ0n) is 13.5. The minimum atomic E-state index is -2.99. The summed E-state index contributed by atoms with van der Waals surface area (Å²) in [6, 6.07) is 8.87. The molecule has 2 saturated heterocycles. The third kappa shape index (κ3) is 3.95. The predicted molar refractivity (Wildman–Crippen MR) is 90.3 cm³/mol. The average molecular weight is 350 g/mol. The van der Waals surface area contributed by atoms with E-state index in [1.807, 2.05) is 18.2 Å². The van der Waals surface area contributed by atoms with Crippen LogP contribution in [0.2, 0.25) is 0 Å². The molecule has 2 aliphatic rings. The van der Waals surface area contributed by atoms with Crippen molar-refractivity contribution in [1.82, 2.24) is 10.2 Å². The molecule has 0 spiro atoms. The predicted octanol–water partition coefficient (Wildman–Crippen LogP) is 0.842. The number of hydrogen-bond acceptors (Lipinski definition) is 4. The Morgan fingerprint density at radius 2 is 1.71 bits per heavy atom. The number of piperidine rings is 1. The minimum Gasteiger partial charge on any atom is -0.352 e. The van der Waals surface area contributed by atoms with Crippen molar-refractivity contribution in [2.24, 2.45) is 5.92 Å². The first-order valence-electron chi connectivity index (χ1n) is 8.30. The molecule has 1 unspecified atom stereocenters. The molecule has 1 atom stereocenters. The number of rotatable bonds is 3. The van der Waals surface area contributed by atoms with E-state index in [-0.39, 0.29) is 35.3 Å². The van der Waals surface area contributed by atoms with Gasteiger partial charge in [0.1, 0.15) is 0 Å². The summed E-state index contributed by atoms with van der Waals surface area (Å²) in [5.41, 5.74) is 0.663. The van der Waals surface area contributed by atoms with Gasteiger partial charge in [0.15, 0.2) is 9.84 Å². The van der Waals surface area contributed by atoms with Gasteiger partial charge in [-0.3, -0.25) is 9.59 Å². The highest BCUT2D eigenvalue weighted by molar-refractivity contribution is 7.91. The lowest BCUT2D eigenvalue weighted by Crippen LogP contribution is -2.45. The lowest BCUT2D eigenvalue weighted by Gasteiger charge is -2.32. The Labute approximate surface area is 142 Å². The Hall–Kier alpha value is -1.89. The van der Waals surface area contributed by atoms with Crippen LogP contribution in [-0.4, -0.2) is 55.8 Å². The monoisotopic (exact) mass is 350 g/mol. The first-order chi connectivity index (χ1) is 11.4. The molecule has 0 aliphatic carbocycles. The smallest absolute Gasteiger partial charge is 0.253 e. The molecular formula is C17H22N2O4S. The van der Waals surface area contributed by atoms with Crippen LogP contribution in [0.5, 0.6) is 0 Å². The fraction of sp³-hybridized carbons (Fsp3) is 0.529. The van der Waals surface area contributed by atoms with Gasteiger partial charge < -0.3 is 10.2 Å². The van der Waals surface area contributed by atoms with Gasteiger partial charge in [0.2, 0.25) is 5.91 Å². The number of carbonyl (C=O) groups is 2. The molecule has 130 valence electrons. The van der Waals surface area contributed by atoms with Crippen LogP contribution in [0.25, 0.3) is 0 Å². The molecule has 1 aromatic rings. The van der Waals surface area contributed by atoms with Crippen LogP contribution >= 0.6 is 0 Å². The van der Waals surface area contributed by atoms with E-state index in [4.69, 9.17) is 0 Å². The van der Waals surface area contributed by atoms with E-state index >= 15 is 0 Å². The second-order valence-corrected chi connectivity index (χ2v) is 8.77. The lowest BCUT2D eigenvalue weighted by atomic mass is 9.95. The van der Waals surface area contributed by atoms with Crippen LogP contribution in [0, 0.1) is 5.92 Å². The van der Waals surface area contributed by atoms with Crippen LogP contribution in [0.15, 0.2) is 30.3 Å². The van der Waals surface area contributed by atoms with Crippen molar-refractivity contribution in [2.75, 3.05) is 24.6 Å². The molecule has 0 radical (unpaired) electrons. The van der Waals surface area contributed by atoms with Gasteiger partial charge in [-0.2, -0.15) is 0 Å². The molecule has 2 aliphatic heterocycles. The summed E-state index contributed by atoms with van der Waals surface area (Å²) in [6.07, 6.45) is 1.73. The van der Waals surface area contributed by atoms with Crippen molar-refractivity contribution in [3.8, 4) is 0 Å². The first kappa shape index (κ1) is 17.0. The summed E-state index contributed by atoms with van der Waals surface area (Å²) >= 11 is 0. The first-order valence-corrected chi connectivity index (χ1v) is 10.1. The quantitative estimate of drug-likeness (QED) is 0.876. The molecule has 0 bridgehead atoms. The van der Waals surface area contributed by atoms with E-state index in [1.165, 1.54) is 0 Å². The number of likely N-dealkylation sites (tertiary alicyclic amines) is 1. The van der Waals surface area contributed by atoms with E-state index in [2.05, 4.69) is 5.32 Å². The minimum absolute atomic E-state index is 0.00338. The number of sulfone groups is 1. The van der Waals surface area contributed by atoms with E-state index in [1.54, 1.807) is 17.0 Å². The maximum atomic E-state index is 12.4. The van der Waals surface area contributed by atoms with Crippen molar-refractivity contribution < 1.29 is 18.0 Å². The molecule has 0 saturated carbocycles. The number of hydrogen-bond donors (Lipinski definition) is 1. The van der Waals surface area contributed by atoms with Crippen LogP contribution < -0.4 is 5.32 Å². The zero-order chi connectivity index (χ0) is 17.2. The Morgan fingerprint density at radius 1 is 1.04 bits per heavy atom. The largest absolute Gasteiger partial charge is 0.352 e. The zero-order valence-corrected chi connectivity index (χ0v) is 14.3. The molecule has 7 heteroatoms. The maximum absolute atomic E-state index is 12.4. The molecule has 24 heavy (non-hydrogen) atoms. The van der Waals surface area contributed by atoms with Crippen molar-refractivity contribution in [3.63, 3.8) is 0 Å². The molecule has 2 heterocycles. The number of benzene rings is 1. The van der Waals surface area contributed by atoms with E-state index < -0.39 is 9.84 Å². The highest BCUT2D eigenvalue weighted by atomic mass is 32.2. The van der Waals surface area contributed by atoms with Gasteiger partial charge in [-0.05, 0) is 31.4 Å². The Morgan fingerprint density at radius 3 is 2.29 bits per heavy atom. The van der Waals surface area contributed by atoms with Gasteiger partial charge in [-0.1, -0.05) is 18.2 Å². The molecule has 1 aromatic carbocycles. The van der Waals surface area contributed by atoms with Crippen LogP contribution in [-0.2, 0) is 14.6 Å². The molecule has 0 aromatic heterocycles. The van der Waals surface area contributed by atoms with Gasteiger partial charge in [-0.25, -0.2) is 8.42 Å². The third-order valence-electron chi connectivity index (χ3n) is 4.75. The summed E-state index contributed by atoms with van der Waals surface area (Å²) in [6.45, 7) is 1.10. The van der Waals surface area contributed by atoms with Gasteiger partial charge in [-0.15, -0.1) is 0 Å². The fourth-order valence-electron chi connectivity index (χ4n) is 3.34. The number of carbonyl (C=O) groups excluding carboxylic acids is 2. The van der Waals surface area contributed by atoms with Crippen molar-refractivity contribution in [3.05, 3.63) is 35.9 Å². The van der Waals surface area contributed by atoms with Crippen LogP contribution in [0.4, 0.5) is 0 Å². The highest BCUT2D eigenvalue weighted by Crippen LogP contribution is 2.20. The summed E-state index contributed by atoms with van der Waals surface area (Å²) in [7, 11) is -2.99. The fourth-order valence-corrected chi connectivity index (χ4v) is 5.01. The lowest BCUT2D eigenvalue weighted by molar-refractivity contribution is -0.126. The van der Waals surface area contributed by atoms with Crippen molar-refractivity contribution >= 4 is 21.7 Å². The summed E-state index contributed by atoms with van der Waals surface area (Å²) in [5.74, 6) is -0.0279. The summed E-state index contributed by atoms with van der Waals surface area (Å²) < 4.78 is 22.9. The van der Waals surface area contributed by atoms with Crippen molar-refractivity contribution in [1.29, 1.82) is 0 Å². The summed E-state index contributed by atoms with van der Waals surface area (Å²) in [5, 5.41) is 2.86. The highest BCUT2D eigenvalue weighted by Gasteiger charge is 2.32. The number of nitrogens with zero attached hydrogens (tertiary/aromatic N) is 1. The molecule has 2 amide bonds. The second-order valence-electron chi connectivity index (χ2n) is 6.54. The Bertz CT molecular complexity index is 709. The second kappa shape index (κ2) is 6.93. The topological polar surface area (TPSA) is 83.6 Å². The number of nitrogens with one attached hydrogen (secondary N) is 1. The third-order valence-corrected chi connectivity index (χ3v) is 6.52. The molecular weight excluding hydrogens is 328 g/mol. The average Bonchev–Trinajstić information content (AvgIpc) is 2.93. The molecule has 6 nitrogen and oxygen atoms in total. The van der Waals surface area contributed by atoms with Gasteiger partial charge in [0.25, 0.3) is 5.91 Å². The van der Waals surface area contributed by atoms with Crippen LogP contribution in [0.1, 0.15) is 29.6 Å². The summed E-state index contributed by atoms with van der Waals surface area (Å²) in [4.78, 5) is 26.5. The van der Waals surface area contributed by atoms with Gasteiger partial charge in [0, 0.05) is 30.6 Å². The molecule has 2 fully saturated rings. The number of amides is 2. The SMILES string of the molecule is O=C(NC1CCS(=O)(=O)C1)C1CCN(C(=O)c2ccccc2)CC1. The van der Waals surface area contributed by atoms with Crippen LogP contribution in [0.3, 0.4) is 0 Å². The van der Waals surface area contributed by atoms with E-state index in [9.17, 15) is 18.0 Å². The normalized spacial score (nSPS) is 23.8. The maximum Gasteiger partial charge on any atom is 0.253 e. The van der Waals surface area contributed by atoms with Crippen molar-refractivity contribution in [2.45, 2.75) is 25.3 Å². The molecule has 3 rings (SSSR count).